The molecule has 1 unspecified atom stereocenters. The molecular weight excluding hydrogens is 360 g/mol. The van der Waals surface area contributed by atoms with Crippen LogP contribution in [-0.2, 0) is 4.79 Å². The van der Waals surface area contributed by atoms with E-state index >= 15 is 0 Å². The Bertz CT molecular complexity index is 907. The SMILES string of the molecule is CC#CC(CC(=O)O)c1ccc(OC[C@H]2COc3ccc(C=O)cc3O2)cc1. The number of benzene rings is 2. The van der Waals surface area contributed by atoms with E-state index in [-0.39, 0.29) is 25.0 Å². The number of fused-ring (bicyclic) bond motifs is 1. The summed E-state index contributed by atoms with van der Waals surface area (Å²) in [7, 11) is 0. The Labute approximate surface area is 163 Å². The third-order valence-corrected chi connectivity index (χ3v) is 4.24. The fourth-order valence-corrected chi connectivity index (χ4v) is 2.87. The summed E-state index contributed by atoms with van der Waals surface area (Å²) in [4.78, 5) is 21.9. The molecule has 2 aromatic rings. The Morgan fingerprint density at radius 2 is 2.07 bits per heavy atom. The predicted octanol–water partition coefficient (Wildman–Crippen LogP) is 3.30. The van der Waals surface area contributed by atoms with E-state index in [1.807, 2.05) is 12.1 Å². The molecule has 144 valence electrons. The molecule has 2 aromatic carbocycles. The van der Waals surface area contributed by atoms with Crippen molar-refractivity contribution < 1.29 is 28.9 Å². The van der Waals surface area contributed by atoms with Crippen LogP contribution in [0.1, 0.15) is 35.2 Å². The van der Waals surface area contributed by atoms with Crippen LogP contribution in [0.25, 0.3) is 0 Å². The van der Waals surface area contributed by atoms with Crippen LogP contribution in [0.15, 0.2) is 42.5 Å². The second-order valence-corrected chi connectivity index (χ2v) is 6.30. The molecule has 0 aromatic heterocycles. The Balaban J connectivity index is 1.59. The molecule has 1 aliphatic heterocycles. The van der Waals surface area contributed by atoms with Crippen LogP contribution in [0, 0.1) is 11.8 Å². The Kier molecular flexibility index (Phi) is 6.18. The predicted molar refractivity (Wildman–Crippen MR) is 102 cm³/mol. The largest absolute Gasteiger partial charge is 0.490 e. The minimum Gasteiger partial charge on any atom is -0.490 e. The van der Waals surface area contributed by atoms with Crippen molar-refractivity contribution in [3.63, 3.8) is 0 Å². The van der Waals surface area contributed by atoms with Gasteiger partial charge in [0.25, 0.3) is 0 Å². The first-order chi connectivity index (χ1) is 13.6. The molecule has 1 aliphatic rings. The Morgan fingerprint density at radius 3 is 2.75 bits per heavy atom. The number of carboxylic acids is 1. The highest BCUT2D eigenvalue weighted by molar-refractivity contribution is 5.76. The highest BCUT2D eigenvalue weighted by Crippen LogP contribution is 2.32. The fraction of sp³-hybridized carbons (Fsp3) is 0.273. The van der Waals surface area contributed by atoms with Gasteiger partial charge in [-0.2, -0.15) is 0 Å². The van der Waals surface area contributed by atoms with Gasteiger partial charge < -0.3 is 19.3 Å². The van der Waals surface area contributed by atoms with E-state index in [0.717, 1.165) is 11.8 Å². The maximum absolute atomic E-state index is 11.0. The quantitative estimate of drug-likeness (QED) is 0.586. The minimum atomic E-state index is -0.888. The van der Waals surface area contributed by atoms with Crippen LogP contribution >= 0.6 is 0 Å². The molecule has 0 saturated heterocycles. The molecule has 28 heavy (non-hydrogen) atoms. The summed E-state index contributed by atoms with van der Waals surface area (Å²) in [6.07, 6.45) is 0.405. The maximum atomic E-state index is 11.0. The number of rotatable bonds is 7. The lowest BCUT2D eigenvalue weighted by atomic mass is 9.96. The molecule has 0 saturated carbocycles. The second kappa shape index (κ2) is 8.96. The van der Waals surface area contributed by atoms with E-state index in [1.54, 1.807) is 37.3 Å². The summed E-state index contributed by atoms with van der Waals surface area (Å²) in [5.41, 5.74) is 1.35. The Morgan fingerprint density at radius 1 is 1.29 bits per heavy atom. The summed E-state index contributed by atoms with van der Waals surface area (Å²) in [5, 5.41) is 9.02. The lowest BCUT2D eigenvalue weighted by molar-refractivity contribution is -0.137. The second-order valence-electron chi connectivity index (χ2n) is 6.30. The van der Waals surface area contributed by atoms with Gasteiger partial charge in [-0.3, -0.25) is 9.59 Å². The molecule has 1 N–H and O–H groups in total. The third-order valence-electron chi connectivity index (χ3n) is 4.24. The lowest BCUT2D eigenvalue weighted by Gasteiger charge is -2.26. The van der Waals surface area contributed by atoms with Crippen LogP contribution < -0.4 is 14.2 Å². The molecule has 0 aliphatic carbocycles. The van der Waals surface area contributed by atoms with E-state index in [9.17, 15) is 9.59 Å². The lowest BCUT2D eigenvalue weighted by Crippen LogP contribution is -2.34. The first kappa shape index (κ1) is 19.3. The van der Waals surface area contributed by atoms with Gasteiger partial charge in [-0.1, -0.05) is 18.1 Å². The summed E-state index contributed by atoms with van der Waals surface area (Å²) in [6, 6.07) is 12.2. The number of carbonyl (C=O) groups is 2. The molecule has 0 radical (unpaired) electrons. The first-order valence-corrected chi connectivity index (χ1v) is 8.84. The molecule has 1 heterocycles. The number of ether oxygens (including phenoxy) is 3. The smallest absolute Gasteiger partial charge is 0.304 e. The van der Waals surface area contributed by atoms with Gasteiger partial charge in [0.15, 0.2) is 17.6 Å². The topological polar surface area (TPSA) is 82.1 Å². The van der Waals surface area contributed by atoms with Crippen molar-refractivity contribution in [1.82, 2.24) is 0 Å². The van der Waals surface area contributed by atoms with Crippen LogP contribution in [0.4, 0.5) is 0 Å². The summed E-state index contributed by atoms with van der Waals surface area (Å²) in [5.74, 6) is 6.22. The van der Waals surface area contributed by atoms with E-state index in [0.29, 0.717) is 29.4 Å². The van der Waals surface area contributed by atoms with Gasteiger partial charge in [0.2, 0.25) is 0 Å². The normalized spacial score (nSPS) is 15.7. The van der Waals surface area contributed by atoms with E-state index in [4.69, 9.17) is 19.3 Å². The minimum absolute atomic E-state index is 0.0452. The molecule has 0 amide bonds. The van der Waals surface area contributed by atoms with Crippen molar-refractivity contribution in [3.05, 3.63) is 53.6 Å². The molecule has 6 nitrogen and oxygen atoms in total. The zero-order chi connectivity index (χ0) is 19.9. The van der Waals surface area contributed by atoms with Crippen molar-refractivity contribution in [2.45, 2.75) is 25.4 Å². The molecule has 6 heteroatoms. The number of hydrogen-bond donors (Lipinski definition) is 1. The van der Waals surface area contributed by atoms with Gasteiger partial charge in [0, 0.05) is 5.56 Å². The van der Waals surface area contributed by atoms with Crippen molar-refractivity contribution in [1.29, 1.82) is 0 Å². The van der Waals surface area contributed by atoms with Gasteiger partial charge >= 0.3 is 5.97 Å². The standard InChI is InChI=1S/C22H20O6/c1-2-3-17(11-22(24)25)16-5-7-18(8-6-16)26-13-19-14-27-20-9-4-15(12-23)10-21(20)28-19/h4-10,12,17,19H,11,13-14H2,1H3,(H,24,25)/t17?,19-/m0/s1. The fourth-order valence-electron chi connectivity index (χ4n) is 2.87. The highest BCUT2D eigenvalue weighted by atomic mass is 16.6. The number of carbonyl (C=O) groups excluding carboxylic acids is 1. The number of aldehydes is 1. The van der Waals surface area contributed by atoms with Crippen LogP contribution in [0.2, 0.25) is 0 Å². The van der Waals surface area contributed by atoms with Gasteiger partial charge in [-0.15, -0.1) is 5.92 Å². The summed E-state index contributed by atoms with van der Waals surface area (Å²) >= 11 is 0. The molecule has 3 rings (SSSR count). The summed E-state index contributed by atoms with van der Waals surface area (Å²) < 4.78 is 17.3. The van der Waals surface area contributed by atoms with Crippen LogP contribution in [0.5, 0.6) is 17.2 Å². The third kappa shape index (κ3) is 4.83. The van der Waals surface area contributed by atoms with Crippen molar-refractivity contribution in [2.75, 3.05) is 13.2 Å². The number of carboxylic acid groups (broad SMARTS) is 1. The zero-order valence-electron chi connectivity index (χ0n) is 15.4. The zero-order valence-corrected chi connectivity index (χ0v) is 15.4. The molecule has 2 atom stereocenters. The Hall–Kier alpha value is -3.46. The number of hydrogen-bond acceptors (Lipinski definition) is 5. The van der Waals surface area contributed by atoms with Gasteiger partial charge in [0.1, 0.15) is 25.2 Å². The van der Waals surface area contributed by atoms with Crippen molar-refractivity contribution >= 4 is 12.3 Å². The summed E-state index contributed by atoms with van der Waals surface area (Å²) in [6.45, 7) is 2.31. The number of aliphatic carboxylic acids is 1. The van der Waals surface area contributed by atoms with Gasteiger partial charge in [0.05, 0.1) is 12.3 Å². The van der Waals surface area contributed by atoms with Crippen molar-refractivity contribution in [2.24, 2.45) is 0 Å². The molecule has 0 bridgehead atoms. The molecule has 0 spiro atoms. The van der Waals surface area contributed by atoms with E-state index in [2.05, 4.69) is 11.8 Å². The molecule has 0 fully saturated rings. The van der Waals surface area contributed by atoms with Crippen LogP contribution in [0.3, 0.4) is 0 Å². The average Bonchev–Trinajstić information content (AvgIpc) is 2.71. The highest BCUT2D eigenvalue weighted by Gasteiger charge is 2.22. The first-order valence-electron chi connectivity index (χ1n) is 8.84. The van der Waals surface area contributed by atoms with Gasteiger partial charge in [-0.25, -0.2) is 0 Å². The van der Waals surface area contributed by atoms with Crippen molar-refractivity contribution in [3.8, 4) is 29.1 Å². The van der Waals surface area contributed by atoms with Crippen LogP contribution in [-0.4, -0.2) is 36.7 Å². The maximum Gasteiger partial charge on any atom is 0.304 e. The monoisotopic (exact) mass is 380 g/mol. The van der Waals surface area contributed by atoms with E-state index in [1.165, 1.54) is 0 Å². The van der Waals surface area contributed by atoms with Gasteiger partial charge in [-0.05, 0) is 42.8 Å². The average molecular weight is 380 g/mol. The molecular formula is C22H20O6. The van der Waals surface area contributed by atoms with E-state index < -0.39 is 5.97 Å².